The van der Waals surface area contributed by atoms with E-state index in [-0.39, 0.29) is 0 Å². The van der Waals surface area contributed by atoms with Crippen LogP contribution in [0.4, 0.5) is 5.69 Å². The number of rotatable bonds is 6. The number of hydrogen-bond donors (Lipinski definition) is 1. The Morgan fingerprint density at radius 1 is 1.47 bits per heavy atom. The molecule has 0 spiro atoms. The zero-order chi connectivity index (χ0) is 13.7. The van der Waals surface area contributed by atoms with Crippen molar-refractivity contribution in [3.63, 3.8) is 0 Å². The Hall–Kier alpha value is -0.580. The largest absolute Gasteiger partial charge is 0.384 e. The topological polar surface area (TPSA) is 18.5 Å². The molecule has 0 amide bonds. The minimum atomic E-state index is 0.848. The first kappa shape index (κ1) is 14.8. The molecule has 2 rings (SSSR count). The minimum Gasteiger partial charge on any atom is -0.384 e. The van der Waals surface area contributed by atoms with Gasteiger partial charge in [-0.1, -0.05) is 22.0 Å². The van der Waals surface area contributed by atoms with Gasteiger partial charge in [0.25, 0.3) is 0 Å². The van der Waals surface area contributed by atoms with Crippen molar-refractivity contribution >= 4 is 21.6 Å². The normalized spacial score (nSPS) is 20.1. The molecule has 4 heteroatoms. The predicted molar refractivity (Wildman–Crippen MR) is 85.7 cm³/mol. The molecule has 1 atom stereocenters. The average molecular weight is 326 g/mol. The standard InChI is InChI=1S/C15H24BrN3/c1-18-8-6-13(11-18)12-19(2)9-7-17-15-5-3-4-14(16)10-15/h3-5,10,13,17H,6-9,11-12H2,1-2H3. The summed E-state index contributed by atoms with van der Waals surface area (Å²) in [6.07, 6.45) is 1.35. The summed E-state index contributed by atoms with van der Waals surface area (Å²) >= 11 is 3.49. The van der Waals surface area contributed by atoms with E-state index in [4.69, 9.17) is 0 Å². The van der Waals surface area contributed by atoms with E-state index in [0.717, 1.165) is 23.5 Å². The zero-order valence-corrected chi connectivity index (χ0v) is 13.5. The molecule has 1 aliphatic heterocycles. The van der Waals surface area contributed by atoms with E-state index >= 15 is 0 Å². The Morgan fingerprint density at radius 2 is 2.32 bits per heavy atom. The first-order chi connectivity index (χ1) is 9.13. The van der Waals surface area contributed by atoms with E-state index in [2.05, 4.69) is 63.3 Å². The minimum absolute atomic E-state index is 0.848. The molecular weight excluding hydrogens is 302 g/mol. The van der Waals surface area contributed by atoms with Crippen molar-refractivity contribution in [2.75, 3.05) is 52.1 Å². The van der Waals surface area contributed by atoms with E-state index in [1.807, 2.05) is 6.07 Å². The summed E-state index contributed by atoms with van der Waals surface area (Å²) in [4.78, 5) is 4.87. The Morgan fingerprint density at radius 3 is 3.00 bits per heavy atom. The quantitative estimate of drug-likeness (QED) is 0.867. The Labute approximate surface area is 125 Å². The number of likely N-dealkylation sites (N-methyl/N-ethyl adjacent to an activating group) is 1. The van der Waals surface area contributed by atoms with Gasteiger partial charge in [-0.15, -0.1) is 0 Å². The molecule has 1 unspecified atom stereocenters. The number of likely N-dealkylation sites (tertiary alicyclic amines) is 1. The second-order valence-electron chi connectivity index (χ2n) is 5.62. The van der Waals surface area contributed by atoms with Crippen molar-refractivity contribution in [2.45, 2.75) is 6.42 Å². The molecule has 3 nitrogen and oxygen atoms in total. The van der Waals surface area contributed by atoms with Crippen LogP contribution in [0.1, 0.15) is 6.42 Å². The van der Waals surface area contributed by atoms with Gasteiger partial charge in [0.1, 0.15) is 0 Å². The van der Waals surface area contributed by atoms with Gasteiger partial charge < -0.3 is 15.1 Å². The van der Waals surface area contributed by atoms with Gasteiger partial charge in [0.2, 0.25) is 0 Å². The third kappa shape index (κ3) is 5.13. The van der Waals surface area contributed by atoms with E-state index in [1.54, 1.807) is 0 Å². The zero-order valence-electron chi connectivity index (χ0n) is 11.9. The molecule has 1 N–H and O–H groups in total. The van der Waals surface area contributed by atoms with Gasteiger partial charge >= 0.3 is 0 Å². The van der Waals surface area contributed by atoms with Crippen molar-refractivity contribution in [3.8, 4) is 0 Å². The van der Waals surface area contributed by atoms with Gasteiger partial charge in [-0.25, -0.2) is 0 Å². The van der Waals surface area contributed by atoms with Crippen LogP contribution in [0.5, 0.6) is 0 Å². The Bertz CT molecular complexity index is 397. The van der Waals surface area contributed by atoms with Gasteiger partial charge in [0.15, 0.2) is 0 Å². The number of halogens is 1. The Balaban J connectivity index is 1.65. The highest BCUT2D eigenvalue weighted by molar-refractivity contribution is 9.10. The maximum atomic E-state index is 3.49. The van der Waals surface area contributed by atoms with Crippen LogP contribution in [0, 0.1) is 5.92 Å². The van der Waals surface area contributed by atoms with Crippen LogP contribution in [0.15, 0.2) is 28.7 Å². The molecule has 1 fully saturated rings. The fraction of sp³-hybridized carbons (Fsp3) is 0.600. The van der Waals surface area contributed by atoms with Crippen molar-refractivity contribution in [2.24, 2.45) is 5.92 Å². The molecule has 0 saturated carbocycles. The number of hydrogen-bond acceptors (Lipinski definition) is 3. The van der Waals surface area contributed by atoms with Crippen molar-refractivity contribution < 1.29 is 0 Å². The second kappa shape index (κ2) is 7.27. The number of nitrogens with one attached hydrogen (secondary N) is 1. The van der Waals surface area contributed by atoms with Gasteiger partial charge in [-0.05, 0) is 51.2 Å². The number of anilines is 1. The van der Waals surface area contributed by atoms with Crippen molar-refractivity contribution in [3.05, 3.63) is 28.7 Å². The summed E-state index contributed by atoms with van der Waals surface area (Å²) in [5.74, 6) is 0.848. The molecule has 1 heterocycles. The maximum absolute atomic E-state index is 3.49. The van der Waals surface area contributed by atoms with Gasteiger partial charge in [-0.2, -0.15) is 0 Å². The summed E-state index contributed by atoms with van der Waals surface area (Å²) in [5, 5.41) is 3.47. The molecule has 1 aliphatic rings. The number of nitrogens with zero attached hydrogens (tertiary/aromatic N) is 2. The SMILES string of the molecule is CN(CCNc1cccc(Br)c1)CC1CCN(C)C1. The van der Waals surface area contributed by atoms with Crippen LogP contribution in [-0.4, -0.2) is 56.6 Å². The maximum Gasteiger partial charge on any atom is 0.0351 e. The molecule has 0 aliphatic carbocycles. The smallest absolute Gasteiger partial charge is 0.0351 e. The molecule has 106 valence electrons. The molecule has 0 aromatic heterocycles. The highest BCUT2D eigenvalue weighted by atomic mass is 79.9. The van der Waals surface area contributed by atoms with Gasteiger partial charge in [0, 0.05) is 36.3 Å². The van der Waals surface area contributed by atoms with Crippen LogP contribution in [0.2, 0.25) is 0 Å². The van der Waals surface area contributed by atoms with Gasteiger partial charge in [-0.3, -0.25) is 0 Å². The summed E-state index contributed by atoms with van der Waals surface area (Å²) in [6, 6.07) is 8.33. The first-order valence-electron chi connectivity index (χ1n) is 7.00. The van der Waals surface area contributed by atoms with Crippen LogP contribution in [-0.2, 0) is 0 Å². The first-order valence-corrected chi connectivity index (χ1v) is 7.79. The fourth-order valence-corrected chi connectivity index (χ4v) is 3.10. The molecule has 0 bridgehead atoms. The third-order valence-electron chi connectivity index (χ3n) is 3.71. The average Bonchev–Trinajstić information content (AvgIpc) is 2.75. The summed E-state index contributed by atoms with van der Waals surface area (Å²) in [7, 11) is 4.44. The Kier molecular flexibility index (Phi) is 5.67. The summed E-state index contributed by atoms with van der Waals surface area (Å²) in [5.41, 5.74) is 1.18. The molecule has 1 saturated heterocycles. The molecule has 0 radical (unpaired) electrons. The number of benzene rings is 1. The lowest BCUT2D eigenvalue weighted by atomic mass is 10.1. The van der Waals surface area contributed by atoms with Crippen molar-refractivity contribution in [1.29, 1.82) is 0 Å². The van der Waals surface area contributed by atoms with Crippen LogP contribution >= 0.6 is 15.9 Å². The highest BCUT2D eigenvalue weighted by Gasteiger charge is 2.20. The molecule has 19 heavy (non-hydrogen) atoms. The summed E-state index contributed by atoms with van der Waals surface area (Å²) in [6.45, 7) is 5.81. The lowest BCUT2D eigenvalue weighted by Crippen LogP contribution is -2.31. The fourth-order valence-electron chi connectivity index (χ4n) is 2.70. The van der Waals surface area contributed by atoms with E-state index < -0.39 is 0 Å². The predicted octanol–water partition coefficient (Wildman–Crippen LogP) is 2.74. The van der Waals surface area contributed by atoms with Crippen LogP contribution in [0.3, 0.4) is 0 Å². The lowest BCUT2D eigenvalue weighted by molar-refractivity contribution is 0.281. The summed E-state index contributed by atoms with van der Waals surface area (Å²) < 4.78 is 1.12. The second-order valence-corrected chi connectivity index (χ2v) is 6.53. The third-order valence-corrected chi connectivity index (χ3v) is 4.20. The van der Waals surface area contributed by atoms with Crippen molar-refractivity contribution in [1.82, 2.24) is 9.80 Å². The highest BCUT2D eigenvalue weighted by Crippen LogP contribution is 2.16. The van der Waals surface area contributed by atoms with Gasteiger partial charge in [0.05, 0.1) is 0 Å². The van der Waals surface area contributed by atoms with E-state index in [9.17, 15) is 0 Å². The molecule has 1 aromatic carbocycles. The van der Waals surface area contributed by atoms with E-state index in [1.165, 1.54) is 31.7 Å². The van der Waals surface area contributed by atoms with E-state index in [0.29, 0.717) is 0 Å². The van der Waals surface area contributed by atoms with Crippen LogP contribution in [0.25, 0.3) is 0 Å². The van der Waals surface area contributed by atoms with Crippen LogP contribution < -0.4 is 5.32 Å². The molecular formula is C15H24BrN3. The lowest BCUT2D eigenvalue weighted by Gasteiger charge is -2.21. The molecule has 1 aromatic rings. The monoisotopic (exact) mass is 325 g/mol.